The summed E-state index contributed by atoms with van der Waals surface area (Å²) < 4.78 is 0. The largest absolute Gasteiger partial charge is 0.329 e. The molecule has 0 fully saturated rings. The van der Waals surface area contributed by atoms with Crippen molar-refractivity contribution in [2.75, 3.05) is 6.54 Å². The SMILES string of the molecule is NCC(N)CCc1ccccc1. The molecule has 2 nitrogen and oxygen atoms in total. The Morgan fingerprint density at radius 3 is 2.42 bits per heavy atom. The fourth-order valence-corrected chi connectivity index (χ4v) is 1.11. The molecule has 1 aromatic carbocycles. The molecule has 1 rings (SSSR count). The van der Waals surface area contributed by atoms with E-state index in [2.05, 4.69) is 12.1 Å². The van der Waals surface area contributed by atoms with Gasteiger partial charge < -0.3 is 11.5 Å². The van der Waals surface area contributed by atoms with Crippen molar-refractivity contribution in [3.05, 3.63) is 35.9 Å². The van der Waals surface area contributed by atoms with Gasteiger partial charge in [0, 0.05) is 12.6 Å². The van der Waals surface area contributed by atoms with Gasteiger partial charge in [0.1, 0.15) is 0 Å². The molecule has 2 heteroatoms. The molecule has 0 radical (unpaired) electrons. The Morgan fingerprint density at radius 2 is 1.83 bits per heavy atom. The van der Waals surface area contributed by atoms with Gasteiger partial charge in [0.25, 0.3) is 0 Å². The van der Waals surface area contributed by atoms with Crippen LogP contribution < -0.4 is 11.5 Å². The summed E-state index contributed by atoms with van der Waals surface area (Å²) in [6.45, 7) is 0.576. The maximum absolute atomic E-state index is 5.70. The minimum Gasteiger partial charge on any atom is -0.329 e. The fraction of sp³-hybridized carbons (Fsp3) is 0.400. The molecule has 66 valence electrons. The van der Waals surface area contributed by atoms with E-state index in [4.69, 9.17) is 11.5 Å². The fourth-order valence-electron chi connectivity index (χ4n) is 1.11. The Labute approximate surface area is 73.6 Å². The van der Waals surface area contributed by atoms with Gasteiger partial charge in [-0.2, -0.15) is 0 Å². The van der Waals surface area contributed by atoms with Gasteiger partial charge in [0.15, 0.2) is 0 Å². The highest BCUT2D eigenvalue weighted by Crippen LogP contribution is 2.02. The minimum atomic E-state index is 0.144. The third-order valence-electron chi connectivity index (χ3n) is 1.95. The predicted molar refractivity (Wildman–Crippen MR) is 51.8 cm³/mol. The monoisotopic (exact) mass is 164 g/mol. The zero-order valence-corrected chi connectivity index (χ0v) is 7.24. The van der Waals surface area contributed by atoms with Crippen molar-refractivity contribution >= 4 is 0 Å². The van der Waals surface area contributed by atoms with Crippen LogP contribution in [0.15, 0.2) is 30.3 Å². The zero-order valence-electron chi connectivity index (χ0n) is 7.24. The van der Waals surface area contributed by atoms with E-state index in [-0.39, 0.29) is 6.04 Å². The van der Waals surface area contributed by atoms with Crippen LogP contribution in [-0.4, -0.2) is 12.6 Å². The van der Waals surface area contributed by atoms with Gasteiger partial charge in [-0.25, -0.2) is 0 Å². The van der Waals surface area contributed by atoms with Crippen LogP contribution in [0.3, 0.4) is 0 Å². The van der Waals surface area contributed by atoms with Crippen LogP contribution in [0.5, 0.6) is 0 Å². The van der Waals surface area contributed by atoms with Gasteiger partial charge in [-0.1, -0.05) is 30.3 Å². The average molecular weight is 164 g/mol. The third kappa shape index (κ3) is 3.03. The normalized spacial score (nSPS) is 12.8. The summed E-state index contributed by atoms with van der Waals surface area (Å²) in [6, 6.07) is 10.5. The molecule has 0 aliphatic heterocycles. The lowest BCUT2D eigenvalue weighted by Crippen LogP contribution is -2.29. The molecule has 0 aliphatic carbocycles. The van der Waals surface area contributed by atoms with Crippen molar-refractivity contribution in [1.82, 2.24) is 0 Å². The van der Waals surface area contributed by atoms with Crippen molar-refractivity contribution in [2.45, 2.75) is 18.9 Å². The quantitative estimate of drug-likeness (QED) is 0.695. The highest BCUT2D eigenvalue weighted by Gasteiger charge is 1.98. The minimum absolute atomic E-state index is 0.144. The molecule has 12 heavy (non-hydrogen) atoms. The van der Waals surface area contributed by atoms with Gasteiger partial charge in [-0.3, -0.25) is 0 Å². The van der Waals surface area contributed by atoms with Crippen molar-refractivity contribution in [3.63, 3.8) is 0 Å². The topological polar surface area (TPSA) is 52.0 Å². The van der Waals surface area contributed by atoms with E-state index >= 15 is 0 Å². The van der Waals surface area contributed by atoms with E-state index in [0.29, 0.717) is 6.54 Å². The molecule has 0 aliphatic rings. The molecule has 1 unspecified atom stereocenters. The smallest absolute Gasteiger partial charge is 0.0166 e. The Balaban J connectivity index is 2.33. The molecule has 0 bridgehead atoms. The molecular formula is C10H16N2. The van der Waals surface area contributed by atoms with Crippen molar-refractivity contribution < 1.29 is 0 Å². The number of aryl methyl sites for hydroxylation is 1. The Hall–Kier alpha value is -0.860. The molecule has 0 aromatic heterocycles. The first kappa shape index (κ1) is 9.23. The predicted octanol–water partition coefficient (Wildman–Crippen LogP) is 0.905. The molecule has 4 N–H and O–H groups in total. The lowest BCUT2D eigenvalue weighted by molar-refractivity contribution is 0.623. The van der Waals surface area contributed by atoms with Crippen LogP contribution in [0.1, 0.15) is 12.0 Å². The van der Waals surface area contributed by atoms with Gasteiger partial charge in [-0.15, -0.1) is 0 Å². The van der Waals surface area contributed by atoms with E-state index in [1.807, 2.05) is 18.2 Å². The van der Waals surface area contributed by atoms with Crippen molar-refractivity contribution in [1.29, 1.82) is 0 Å². The zero-order chi connectivity index (χ0) is 8.81. The number of hydrogen-bond donors (Lipinski definition) is 2. The summed E-state index contributed by atoms with van der Waals surface area (Å²) in [5.74, 6) is 0. The van der Waals surface area contributed by atoms with E-state index in [1.54, 1.807) is 0 Å². The molecule has 1 atom stereocenters. The second-order valence-electron chi connectivity index (χ2n) is 3.02. The van der Waals surface area contributed by atoms with Gasteiger partial charge in [-0.05, 0) is 18.4 Å². The Kier molecular flexibility index (Phi) is 3.77. The van der Waals surface area contributed by atoms with E-state index in [0.717, 1.165) is 12.8 Å². The third-order valence-corrected chi connectivity index (χ3v) is 1.95. The lowest BCUT2D eigenvalue weighted by Gasteiger charge is -2.07. The van der Waals surface area contributed by atoms with Gasteiger partial charge in [0.05, 0.1) is 0 Å². The maximum atomic E-state index is 5.70. The highest BCUT2D eigenvalue weighted by atomic mass is 14.7. The van der Waals surface area contributed by atoms with Crippen molar-refractivity contribution in [2.24, 2.45) is 11.5 Å². The molecule has 0 spiro atoms. The molecular weight excluding hydrogens is 148 g/mol. The first-order valence-corrected chi connectivity index (χ1v) is 4.32. The second-order valence-corrected chi connectivity index (χ2v) is 3.02. The second kappa shape index (κ2) is 4.91. The first-order valence-electron chi connectivity index (χ1n) is 4.32. The van der Waals surface area contributed by atoms with E-state index in [9.17, 15) is 0 Å². The summed E-state index contributed by atoms with van der Waals surface area (Å²) in [6.07, 6.45) is 2.00. The Bertz CT molecular complexity index is 208. The van der Waals surface area contributed by atoms with Gasteiger partial charge in [0.2, 0.25) is 0 Å². The maximum Gasteiger partial charge on any atom is 0.0166 e. The summed E-state index contributed by atoms with van der Waals surface area (Å²) in [5, 5.41) is 0. The number of hydrogen-bond acceptors (Lipinski definition) is 2. The van der Waals surface area contributed by atoms with Crippen LogP contribution in [-0.2, 0) is 6.42 Å². The van der Waals surface area contributed by atoms with Crippen molar-refractivity contribution in [3.8, 4) is 0 Å². The Morgan fingerprint density at radius 1 is 1.17 bits per heavy atom. The lowest BCUT2D eigenvalue weighted by atomic mass is 10.1. The highest BCUT2D eigenvalue weighted by molar-refractivity contribution is 5.14. The number of nitrogens with two attached hydrogens (primary N) is 2. The molecule has 0 heterocycles. The molecule has 0 saturated carbocycles. The van der Waals surface area contributed by atoms with Crippen LogP contribution >= 0.6 is 0 Å². The van der Waals surface area contributed by atoms with E-state index in [1.165, 1.54) is 5.56 Å². The number of rotatable bonds is 4. The number of benzene rings is 1. The molecule has 0 saturated heterocycles. The summed E-state index contributed by atoms with van der Waals surface area (Å²) in [5.41, 5.74) is 12.4. The standard InChI is InChI=1S/C10H16N2/c11-8-10(12)7-6-9-4-2-1-3-5-9/h1-5,10H,6-8,11-12H2. The molecule has 1 aromatic rings. The van der Waals surface area contributed by atoms with Crippen LogP contribution in [0.2, 0.25) is 0 Å². The summed E-state index contributed by atoms with van der Waals surface area (Å²) in [4.78, 5) is 0. The van der Waals surface area contributed by atoms with Crippen LogP contribution in [0.4, 0.5) is 0 Å². The van der Waals surface area contributed by atoms with E-state index < -0.39 is 0 Å². The summed E-state index contributed by atoms with van der Waals surface area (Å²) >= 11 is 0. The van der Waals surface area contributed by atoms with Crippen LogP contribution in [0, 0.1) is 0 Å². The van der Waals surface area contributed by atoms with Crippen LogP contribution in [0.25, 0.3) is 0 Å². The van der Waals surface area contributed by atoms with Gasteiger partial charge >= 0.3 is 0 Å². The molecule has 0 amide bonds. The summed E-state index contributed by atoms with van der Waals surface area (Å²) in [7, 11) is 0. The average Bonchev–Trinajstić information content (AvgIpc) is 2.16. The first-order chi connectivity index (χ1) is 5.83.